The van der Waals surface area contributed by atoms with Gasteiger partial charge in [-0.2, -0.15) is 4.98 Å². The van der Waals surface area contributed by atoms with Crippen molar-refractivity contribution in [3.8, 4) is 11.4 Å². The molecule has 0 aliphatic rings. The fraction of sp³-hybridized carbons (Fsp3) is 0.111. The molecule has 2 amide bonds. The van der Waals surface area contributed by atoms with Gasteiger partial charge in [0.05, 0.1) is 4.92 Å². The molecule has 1 aromatic heterocycles. The first-order valence-corrected chi connectivity index (χ1v) is 8.45. The van der Waals surface area contributed by atoms with Gasteiger partial charge in [-0.15, -0.1) is 0 Å². The summed E-state index contributed by atoms with van der Waals surface area (Å²) in [6.45, 7) is -0.209. The highest BCUT2D eigenvalue weighted by Gasteiger charge is 2.19. The van der Waals surface area contributed by atoms with Gasteiger partial charge in [0, 0.05) is 30.8 Å². The fourth-order valence-electron chi connectivity index (χ4n) is 2.42. The minimum Gasteiger partial charge on any atom is -0.350 e. The molecule has 0 unspecified atom stereocenters. The van der Waals surface area contributed by atoms with Crippen molar-refractivity contribution in [3.63, 3.8) is 0 Å². The van der Waals surface area contributed by atoms with Crippen molar-refractivity contribution in [2.24, 2.45) is 0 Å². The summed E-state index contributed by atoms with van der Waals surface area (Å²) in [5.74, 6) is -4.15. The van der Waals surface area contributed by atoms with E-state index in [1.165, 1.54) is 24.3 Å². The molecular weight excluding hydrogens is 404 g/mol. The van der Waals surface area contributed by atoms with Gasteiger partial charge in [-0.25, -0.2) is 8.78 Å². The standard InChI is InChI=1S/C18H13F2N5O5/c19-12-5-2-6-13(20)14(12)16(26)21-7-8-22-17(27)18-23-15(24-30-18)10-3-1-4-11(9-10)25(28)29/h1-6,9H,7-8H2,(H,21,26)(H,22,27). The summed E-state index contributed by atoms with van der Waals surface area (Å²) in [7, 11) is 0. The lowest BCUT2D eigenvalue weighted by molar-refractivity contribution is -0.384. The van der Waals surface area contributed by atoms with E-state index in [-0.39, 0.29) is 30.2 Å². The fourth-order valence-corrected chi connectivity index (χ4v) is 2.42. The molecule has 3 rings (SSSR count). The average Bonchev–Trinajstić information content (AvgIpc) is 3.21. The largest absolute Gasteiger partial charge is 0.350 e. The molecule has 0 atom stereocenters. The molecule has 0 aliphatic heterocycles. The Bertz CT molecular complexity index is 1100. The molecule has 0 aliphatic carbocycles. The van der Waals surface area contributed by atoms with E-state index in [1.807, 2.05) is 0 Å². The quantitative estimate of drug-likeness (QED) is 0.341. The number of nitrogens with one attached hydrogen (secondary N) is 2. The molecule has 0 spiro atoms. The number of nitro groups is 1. The number of aromatic nitrogens is 2. The zero-order valence-electron chi connectivity index (χ0n) is 15.1. The first-order valence-electron chi connectivity index (χ1n) is 8.45. The Hall–Kier alpha value is -4.22. The van der Waals surface area contributed by atoms with E-state index in [9.17, 15) is 28.5 Å². The van der Waals surface area contributed by atoms with Crippen molar-refractivity contribution in [1.82, 2.24) is 20.8 Å². The van der Waals surface area contributed by atoms with Gasteiger partial charge in [0.1, 0.15) is 17.2 Å². The Morgan fingerprint density at radius 3 is 2.33 bits per heavy atom. The number of amides is 2. The van der Waals surface area contributed by atoms with Gasteiger partial charge >= 0.3 is 11.8 Å². The lowest BCUT2D eigenvalue weighted by Crippen LogP contribution is -2.35. The Kier molecular flexibility index (Phi) is 6.05. The lowest BCUT2D eigenvalue weighted by atomic mass is 10.2. The summed E-state index contributed by atoms with van der Waals surface area (Å²) in [5.41, 5.74) is -0.612. The maximum atomic E-state index is 13.5. The Morgan fingerprint density at radius 1 is 1.03 bits per heavy atom. The first-order chi connectivity index (χ1) is 14.4. The minimum atomic E-state index is -1.00. The van der Waals surface area contributed by atoms with Crippen LogP contribution in [0.1, 0.15) is 21.0 Å². The Labute approximate surface area is 167 Å². The average molecular weight is 417 g/mol. The second-order valence-corrected chi connectivity index (χ2v) is 5.84. The van der Waals surface area contributed by atoms with Crippen molar-refractivity contribution < 1.29 is 27.8 Å². The number of benzene rings is 2. The SMILES string of the molecule is O=C(NCCNC(=O)c1c(F)cccc1F)c1nc(-c2cccc([N+](=O)[O-])c2)no1. The maximum Gasteiger partial charge on any atom is 0.316 e. The smallest absolute Gasteiger partial charge is 0.316 e. The maximum absolute atomic E-state index is 13.5. The zero-order chi connectivity index (χ0) is 21.7. The third kappa shape index (κ3) is 4.60. The summed E-state index contributed by atoms with van der Waals surface area (Å²) >= 11 is 0. The van der Waals surface area contributed by atoms with Crippen LogP contribution in [0, 0.1) is 21.7 Å². The molecule has 154 valence electrons. The van der Waals surface area contributed by atoms with Crippen LogP contribution in [0.4, 0.5) is 14.5 Å². The van der Waals surface area contributed by atoms with Gasteiger partial charge in [-0.3, -0.25) is 19.7 Å². The molecule has 30 heavy (non-hydrogen) atoms. The molecule has 0 saturated heterocycles. The van der Waals surface area contributed by atoms with Crippen LogP contribution in [0.25, 0.3) is 11.4 Å². The summed E-state index contributed by atoms with van der Waals surface area (Å²) in [6.07, 6.45) is 0. The van der Waals surface area contributed by atoms with E-state index in [4.69, 9.17) is 4.52 Å². The van der Waals surface area contributed by atoms with Crippen LogP contribution in [-0.4, -0.2) is 40.0 Å². The molecule has 2 N–H and O–H groups in total. The van der Waals surface area contributed by atoms with E-state index in [1.54, 1.807) is 0 Å². The van der Waals surface area contributed by atoms with Crippen molar-refractivity contribution in [2.45, 2.75) is 0 Å². The van der Waals surface area contributed by atoms with Gasteiger partial charge in [0.15, 0.2) is 0 Å². The number of hydrogen-bond donors (Lipinski definition) is 2. The molecule has 0 radical (unpaired) electrons. The Balaban J connectivity index is 1.54. The molecule has 2 aromatic carbocycles. The minimum absolute atomic E-state index is 0.0211. The van der Waals surface area contributed by atoms with Gasteiger partial charge in [0.25, 0.3) is 11.6 Å². The number of halogens is 2. The topological polar surface area (TPSA) is 140 Å². The zero-order valence-corrected chi connectivity index (χ0v) is 15.1. The molecule has 0 fully saturated rings. The van der Waals surface area contributed by atoms with Crippen molar-refractivity contribution in [1.29, 1.82) is 0 Å². The van der Waals surface area contributed by atoms with Crippen LogP contribution in [0.3, 0.4) is 0 Å². The normalized spacial score (nSPS) is 10.5. The molecule has 3 aromatic rings. The van der Waals surface area contributed by atoms with Crippen LogP contribution in [0.5, 0.6) is 0 Å². The predicted octanol–water partition coefficient (Wildman–Crippen LogP) is 2.08. The van der Waals surface area contributed by atoms with Crippen LogP contribution in [0.2, 0.25) is 0 Å². The van der Waals surface area contributed by atoms with Crippen LogP contribution >= 0.6 is 0 Å². The molecule has 10 nitrogen and oxygen atoms in total. The monoisotopic (exact) mass is 417 g/mol. The van der Waals surface area contributed by atoms with Crippen LogP contribution < -0.4 is 10.6 Å². The van der Waals surface area contributed by atoms with Crippen molar-refractivity contribution >= 4 is 17.5 Å². The van der Waals surface area contributed by atoms with Gasteiger partial charge in [-0.1, -0.05) is 23.4 Å². The number of non-ortho nitro benzene ring substituents is 1. The number of carbonyl (C=O) groups is 2. The van der Waals surface area contributed by atoms with Crippen molar-refractivity contribution in [3.05, 3.63) is 75.7 Å². The van der Waals surface area contributed by atoms with E-state index >= 15 is 0 Å². The summed E-state index contributed by atoms with van der Waals surface area (Å²) in [4.78, 5) is 38.0. The number of carbonyl (C=O) groups excluding carboxylic acids is 2. The lowest BCUT2D eigenvalue weighted by Gasteiger charge is -2.07. The number of nitro benzene ring substituents is 1. The van der Waals surface area contributed by atoms with Crippen molar-refractivity contribution in [2.75, 3.05) is 13.1 Å². The van der Waals surface area contributed by atoms with Crippen LogP contribution in [0.15, 0.2) is 47.0 Å². The first kappa shape index (κ1) is 20.5. The number of nitrogens with zero attached hydrogens (tertiary/aromatic N) is 3. The van der Waals surface area contributed by atoms with E-state index in [2.05, 4.69) is 20.8 Å². The Morgan fingerprint density at radius 2 is 1.67 bits per heavy atom. The van der Waals surface area contributed by atoms with Gasteiger partial charge in [-0.05, 0) is 12.1 Å². The third-order valence-corrected chi connectivity index (χ3v) is 3.82. The number of hydrogen-bond acceptors (Lipinski definition) is 7. The summed E-state index contributed by atoms with van der Waals surface area (Å²) < 4.78 is 31.9. The highest BCUT2D eigenvalue weighted by atomic mass is 19.1. The number of rotatable bonds is 7. The van der Waals surface area contributed by atoms with E-state index in [0.29, 0.717) is 0 Å². The third-order valence-electron chi connectivity index (χ3n) is 3.82. The van der Waals surface area contributed by atoms with E-state index in [0.717, 1.165) is 18.2 Å². The second kappa shape index (κ2) is 8.86. The van der Waals surface area contributed by atoms with Gasteiger partial charge in [0.2, 0.25) is 5.82 Å². The summed E-state index contributed by atoms with van der Waals surface area (Å²) in [5, 5.41) is 19.1. The highest BCUT2D eigenvalue weighted by molar-refractivity contribution is 5.94. The van der Waals surface area contributed by atoms with Gasteiger partial charge < -0.3 is 15.2 Å². The highest BCUT2D eigenvalue weighted by Crippen LogP contribution is 2.21. The molecule has 0 bridgehead atoms. The molecular formula is C18H13F2N5O5. The summed E-state index contributed by atoms with van der Waals surface area (Å²) in [6, 6.07) is 8.50. The second-order valence-electron chi connectivity index (χ2n) is 5.84. The van der Waals surface area contributed by atoms with Crippen LogP contribution in [-0.2, 0) is 0 Å². The van der Waals surface area contributed by atoms with E-state index < -0.39 is 39.8 Å². The predicted molar refractivity (Wildman–Crippen MR) is 97.4 cm³/mol. The molecule has 1 heterocycles. The molecule has 12 heteroatoms. The molecule has 0 saturated carbocycles.